The number of amides is 2. The first-order valence-electron chi connectivity index (χ1n) is 7.23. The van der Waals surface area contributed by atoms with E-state index in [1.165, 1.54) is 0 Å². The highest BCUT2D eigenvalue weighted by Crippen LogP contribution is 2.26. The highest BCUT2D eigenvalue weighted by Gasteiger charge is 2.41. The molecule has 0 N–H and O–H groups in total. The van der Waals surface area contributed by atoms with E-state index in [2.05, 4.69) is 5.10 Å². The van der Waals surface area contributed by atoms with E-state index in [1.54, 1.807) is 20.7 Å². The fourth-order valence-electron chi connectivity index (χ4n) is 2.94. The molecule has 1 aromatic heterocycles. The molecule has 0 aliphatic carbocycles. The largest absolute Gasteiger partial charge is 0.329 e. The van der Waals surface area contributed by atoms with Crippen LogP contribution in [0.4, 0.5) is 5.69 Å². The van der Waals surface area contributed by atoms with E-state index >= 15 is 0 Å². The van der Waals surface area contributed by atoms with Gasteiger partial charge in [-0.15, -0.1) is 0 Å². The molecule has 6 heteroatoms. The third kappa shape index (κ3) is 2.09. The number of hydrogen-bond acceptors (Lipinski definition) is 3. The van der Waals surface area contributed by atoms with Crippen LogP contribution in [0.5, 0.6) is 0 Å². The smallest absolute Gasteiger partial charge is 0.250 e. The fourth-order valence-corrected chi connectivity index (χ4v) is 2.94. The molecule has 20 heavy (non-hydrogen) atoms. The molecule has 0 saturated carbocycles. The summed E-state index contributed by atoms with van der Waals surface area (Å²) >= 11 is 0. The zero-order chi connectivity index (χ0) is 14.3. The van der Waals surface area contributed by atoms with Crippen molar-refractivity contribution in [3.05, 3.63) is 12.4 Å². The standard InChI is InChI=1S/C14H20N4O2/c1-10(2)18-8-11(7-15-18)17-9-13(19)16-6-4-3-5-12(16)14(17)20/h7-8,10,12H,3-6,9H2,1-2H3. The summed E-state index contributed by atoms with van der Waals surface area (Å²) in [5, 5.41) is 4.25. The summed E-state index contributed by atoms with van der Waals surface area (Å²) in [5.74, 6) is 0.0826. The Morgan fingerprint density at radius 1 is 1.30 bits per heavy atom. The van der Waals surface area contributed by atoms with Gasteiger partial charge in [0.15, 0.2) is 0 Å². The first-order chi connectivity index (χ1) is 9.58. The average Bonchev–Trinajstić information content (AvgIpc) is 2.93. The van der Waals surface area contributed by atoms with Gasteiger partial charge in [-0.25, -0.2) is 0 Å². The number of hydrogen-bond donors (Lipinski definition) is 0. The SMILES string of the molecule is CC(C)n1cc(N2CC(=O)N3CCCCC3C2=O)cn1. The summed E-state index contributed by atoms with van der Waals surface area (Å²) in [7, 11) is 0. The number of anilines is 1. The monoisotopic (exact) mass is 276 g/mol. The van der Waals surface area contributed by atoms with Crippen LogP contribution in [0.1, 0.15) is 39.2 Å². The van der Waals surface area contributed by atoms with Crippen LogP contribution in [0.25, 0.3) is 0 Å². The molecule has 0 aromatic carbocycles. The van der Waals surface area contributed by atoms with Gasteiger partial charge >= 0.3 is 0 Å². The van der Waals surface area contributed by atoms with Gasteiger partial charge in [0.05, 0.1) is 11.9 Å². The molecule has 108 valence electrons. The van der Waals surface area contributed by atoms with Crippen molar-refractivity contribution in [2.24, 2.45) is 0 Å². The zero-order valence-electron chi connectivity index (χ0n) is 12.0. The molecular weight excluding hydrogens is 256 g/mol. The van der Waals surface area contributed by atoms with Crippen LogP contribution in [-0.2, 0) is 9.59 Å². The van der Waals surface area contributed by atoms with E-state index in [9.17, 15) is 9.59 Å². The molecule has 2 amide bonds. The first-order valence-corrected chi connectivity index (χ1v) is 7.23. The molecule has 2 aliphatic rings. The summed E-state index contributed by atoms with van der Waals surface area (Å²) < 4.78 is 1.81. The van der Waals surface area contributed by atoms with E-state index in [-0.39, 0.29) is 30.4 Å². The van der Waals surface area contributed by atoms with Crippen LogP contribution in [0.3, 0.4) is 0 Å². The van der Waals surface area contributed by atoms with Crippen molar-refractivity contribution in [1.29, 1.82) is 0 Å². The Hall–Kier alpha value is -1.85. The van der Waals surface area contributed by atoms with E-state index in [0.717, 1.165) is 24.9 Å². The van der Waals surface area contributed by atoms with E-state index in [4.69, 9.17) is 0 Å². The summed E-state index contributed by atoms with van der Waals surface area (Å²) in [6.45, 7) is 4.92. The number of carbonyl (C=O) groups is 2. The Morgan fingerprint density at radius 3 is 2.80 bits per heavy atom. The van der Waals surface area contributed by atoms with Gasteiger partial charge in [0, 0.05) is 18.8 Å². The molecule has 1 aromatic rings. The predicted octanol–water partition coefficient (Wildman–Crippen LogP) is 1.19. The number of rotatable bonds is 2. The quantitative estimate of drug-likeness (QED) is 0.815. The number of fused-ring (bicyclic) bond motifs is 1. The average molecular weight is 276 g/mol. The Morgan fingerprint density at radius 2 is 2.10 bits per heavy atom. The normalized spacial score (nSPS) is 23.4. The third-order valence-electron chi connectivity index (χ3n) is 4.10. The third-order valence-corrected chi connectivity index (χ3v) is 4.10. The van der Waals surface area contributed by atoms with Crippen molar-refractivity contribution >= 4 is 17.5 Å². The van der Waals surface area contributed by atoms with Gasteiger partial charge in [-0.3, -0.25) is 19.2 Å². The molecule has 2 fully saturated rings. The summed E-state index contributed by atoms with van der Waals surface area (Å²) in [6, 6.07) is -0.0297. The molecule has 2 aliphatic heterocycles. The van der Waals surface area contributed by atoms with Crippen molar-refractivity contribution in [2.75, 3.05) is 18.0 Å². The molecule has 3 heterocycles. The second-order valence-electron chi connectivity index (χ2n) is 5.80. The molecule has 2 saturated heterocycles. The minimum Gasteiger partial charge on any atom is -0.329 e. The van der Waals surface area contributed by atoms with Gasteiger partial charge in [0.1, 0.15) is 12.6 Å². The number of piperazine rings is 1. The molecule has 1 atom stereocenters. The fraction of sp³-hybridized carbons (Fsp3) is 0.643. The summed E-state index contributed by atoms with van der Waals surface area (Å²) in [6.07, 6.45) is 6.30. The lowest BCUT2D eigenvalue weighted by molar-refractivity contribution is -0.144. The van der Waals surface area contributed by atoms with Crippen molar-refractivity contribution in [2.45, 2.75) is 45.2 Å². The minimum atomic E-state index is -0.271. The highest BCUT2D eigenvalue weighted by molar-refractivity contribution is 6.06. The molecule has 3 rings (SSSR count). The number of carbonyl (C=O) groups excluding carboxylic acids is 2. The summed E-state index contributed by atoms with van der Waals surface area (Å²) in [5.41, 5.74) is 0.724. The lowest BCUT2D eigenvalue weighted by atomic mass is 9.98. The number of piperidine rings is 1. The Kier molecular flexibility index (Phi) is 3.23. The highest BCUT2D eigenvalue weighted by atomic mass is 16.2. The molecule has 0 bridgehead atoms. The summed E-state index contributed by atoms with van der Waals surface area (Å²) in [4.78, 5) is 28.1. The van der Waals surface area contributed by atoms with Gasteiger partial charge in [-0.05, 0) is 33.1 Å². The molecule has 6 nitrogen and oxygen atoms in total. The van der Waals surface area contributed by atoms with Crippen molar-refractivity contribution in [3.8, 4) is 0 Å². The van der Waals surface area contributed by atoms with E-state index in [1.807, 2.05) is 20.0 Å². The van der Waals surface area contributed by atoms with Gasteiger partial charge in [-0.1, -0.05) is 0 Å². The van der Waals surface area contributed by atoms with Crippen LogP contribution in [0.15, 0.2) is 12.4 Å². The van der Waals surface area contributed by atoms with Crippen LogP contribution in [0, 0.1) is 0 Å². The van der Waals surface area contributed by atoms with Crippen molar-refractivity contribution < 1.29 is 9.59 Å². The molecule has 1 unspecified atom stereocenters. The van der Waals surface area contributed by atoms with Crippen LogP contribution in [0.2, 0.25) is 0 Å². The van der Waals surface area contributed by atoms with E-state index in [0.29, 0.717) is 6.54 Å². The molecule has 0 radical (unpaired) electrons. The number of nitrogens with zero attached hydrogens (tertiary/aromatic N) is 4. The maximum atomic E-state index is 12.6. The van der Waals surface area contributed by atoms with Crippen molar-refractivity contribution in [1.82, 2.24) is 14.7 Å². The number of aromatic nitrogens is 2. The van der Waals surface area contributed by atoms with Gasteiger partial charge in [0.25, 0.3) is 0 Å². The van der Waals surface area contributed by atoms with Crippen molar-refractivity contribution in [3.63, 3.8) is 0 Å². The Bertz CT molecular complexity index is 537. The first kappa shape index (κ1) is 13.1. The van der Waals surface area contributed by atoms with Gasteiger partial charge < -0.3 is 4.90 Å². The molecular formula is C14H20N4O2. The maximum absolute atomic E-state index is 12.6. The Labute approximate surface area is 118 Å². The Balaban J connectivity index is 1.86. The lowest BCUT2D eigenvalue weighted by Crippen LogP contribution is -2.61. The van der Waals surface area contributed by atoms with E-state index < -0.39 is 0 Å². The van der Waals surface area contributed by atoms with Gasteiger partial charge in [0.2, 0.25) is 11.8 Å². The van der Waals surface area contributed by atoms with Crippen LogP contribution in [-0.4, -0.2) is 45.6 Å². The van der Waals surface area contributed by atoms with Gasteiger partial charge in [-0.2, -0.15) is 5.10 Å². The minimum absolute atomic E-state index is 0.0348. The zero-order valence-corrected chi connectivity index (χ0v) is 12.0. The second-order valence-corrected chi connectivity index (χ2v) is 5.80. The predicted molar refractivity (Wildman–Crippen MR) is 74.3 cm³/mol. The van der Waals surface area contributed by atoms with Crippen LogP contribution >= 0.6 is 0 Å². The second kappa shape index (κ2) is 4.92. The molecule has 0 spiro atoms. The van der Waals surface area contributed by atoms with Crippen LogP contribution < -0.4 is 4.90 Å². The lowest BCUT2D eigenvalue weighted by Gasteiger charge is -2.42. The maximum Gasteiger partial charge on any atom is 0.250 e. The topological polar surface area (TPSA) is 58.4 Å².